The summed E-state index contributed by atoms with van der Waals surface area (Å²) in [5, 5.41) is 3.77. The second-order valence-corrected chi connectivity index (χ2v) is 6.30. The molecule has 0 aromatic heterocycles. The molecule has 0 saturated heterocycles. The molecule has 21 heavy (non-hydrogen) atoms. The highest BCUT2D eigenvalue weighted by Crippen LogP contribution is 2.42. The summed E-state index contributed by atoms with van der Waals surface area (Å²) in [6.45, 7) is 0. The van der Waals surface area contributed by atoms with Gasteiger partial charge >= 0.3 is 0 Å². The zero-order chi connectivity index (χ0) is 14.4. The third-order valence-electron chi connectivity index (χ3n) is 4.58. The van der Waals surface area contributed by atoms with E-state index < -0.39 is 0 Å². The second kappa shape index (κ2) is 4.88. The maximum absolute atomic E-state index is 12.1. The Bertz CT molecular complexity index is 738. The van der Waals surface area contributed by atoms with Gasteiger partial charge in [-0.25, -0.2) is 0 Å². The fraction of sp³-hybridized carbons (Fsp3) is 0.278. The second-order valence-electron chi connectivity index (χ2n) is 5.89. The van der Waals surface area contributed by atoms with Crippen molar-refractivity contribution in [2.75, 3.05) is 5.32 Å². The van der Waals surface area contributed by atoms with Crippen LogP contribution in [-0.4, -0.2) is 5.91 Å². The van der Waals surface area contributed by atoms with E-state index >= 15 is 0 Å². The van der Waals surface area contributed by atoms with Crippen LogP contribution in [0, 0.1) is 0 Å². The quantitative estimate of drug-likeness (QED) is 0.835. The van der Waals surface area contributed by atoms with E-state index in [2.05, 4.69) is 17.4 Å². The molecule has 1 aliphatic carbocycles. The summed E-state index contributed by atoms with van der Waals surface area (Å²) in [4.78, 5) is 12.1. The highest BCUT2D eigenvalue weighted by Gasteiger charge is 2.29. The van der Waals surface area contributed by atoms with Crippen molar-refractivity contribution >= 4 is 23.2 Å². The monoisotopic (exact) mass is 297 g/mol. The van der Waals surface area contributed by atoms with E-state index in [1.54, 1.807) is 0 Å². The Morgan fingerprint density at radius 3 is 2.62 bits per heavy atom. The van der Waals surface area contributed by atoms with Gasteiger partial charge in [0.1, 0.15) is 0 Å². The van der Waals surface area contributed by atoms with Crippen molar-refractivity contribution in [2.45, 2.75) is 31.6 Å². The average molecular weight is 298 g/mol. The Morgan fingerprint density at radius 1 is 1.05 bits per heavy atom. The predicted octanol–water partition coefficient (Wildman–Crippen LogP) is 4.30. The Labute approximate surface area is 129 Å². The third-order valence-corrected chi connectivity index (χ3v) is 4.93. The van der Waals surface area contributed by atoms with Crippen molar-refractivity contribution in [3.63, 3.8) is 0 Å². The molecule has 1 aliphatic heterocycles. The van der Waals surface area contributed by atoms with Crippen molar-refractivity contribution in [3.8, 4) is 0 Å². The van der Waals surface area contributed by atoms with Gasteiger partial charge in [-0.05, 0) is 53.6 Å². The van der Waals surface area contributed by atoms with Crippen LogP contribution < -0.4 is 5.32 Å². The first-order chi connectivity index (χ1) is 10.2. The molecule has 1 heterocycles. The van der Waals surface area contributed by atoms with Crippen LogP contribution in [0.25, 0.3) is 0 Å². The minimum atomic E-state index is 0.0633. The van der Waals surface area contributed by atoms with Crippen LogP contribution in [0.4, 0.5) is 5.69 Å². The van der Waals surface area contributed by atoms with Gasteiger partial charge in [-0.2, -0.15) is 0 Å². The smallest absolute Gasteiger partial charge is 0.225 e. The standard InChI is InChI=1S/C18H16ClNO/c19-16-7-2-1-6-13(16)14-10-18(21)20-17-9-12-5-3-4-11(12)8-15(14)17/h1-2,6-9,14H,3-5,10H2,(H,20,21)/t14-/m0/s1. The van der Waals surface area contributed by atoms with Crippen LogP contribution in [0.3, 0.4) is 0 Å². The number of carbonyl (C=O) groups excluding carboxylic acids is 1. The van der Waals surface area contributed by atoms with Crippen LogP contribution >= 0.6 is 11.6 Å². The summed E-state index contributed by atoms with van der Waals surface area (Å²) in [6.07, 6.45) is 3.94. The maximum Gasteiger partial charge on any atom is 0.225 e. The van der Waals surface area contributed by atoms with Crippen LogP contribution in [0.15, 0.2) is 36.4 Å². The lowest BCUT2D eigenvalue weighted by molar-refractivity contribution is -0.116. The zero-order valence-corrected chi connectivity index (χ0v) is 12.4. The van der Waals surface area contributed by atoms with E-state index in [1.807, 2.05) is 24.3 Å². The number of hydrogen-bond acceptors (Lipinski definition) is 1. The fourth-order valence-electron chi connectivity index (χ4n) is 3.57. The lowest BCUT2D eigenvalue weighted by Gasteiger charge is -2.27. The van der Waals surface area contributed by atoms with Crippen LogP contribution in [0.1, 0.15) is 41.0 Å². The minimum Gasteiger partial charge on any atom is -0.326 e. The van der Waals surface area contributed by atoms with E-state index in [0.717, 1.165) is 29.1 Å². The number of halogens is 1. The molecule has 2 nitrogen and oxygen atoms in total. The van der Waals surface area contributed by atoms with Gasteiger partial charge in [0.2, 0.25) is 5.91 Å². The molecule has 2 aliphatic rings. The molecule has 1 N–H and O–H groups in total. The molecule has 3 heteroatoms. The molecule has 0 saturated carbocycles. The molecular weight excluding hydrogens is 282 g/mol. The van der Waals surface area contributed by atoms with E-state index in [-0.39, 0.29) is 11.8 Å². The number of nitrogens with one attached hydrogen (secondary N) is 1. The van der Waals surface area contributed by atoms with Crippen LogP contribution in [-0.2, 0) is 17.6 Å². The molecule has 4 rings (SSSR count). The molecule has 0 unspecified atom stereocenters. The summed E-state index contributed by atoms with van der Waals surface area (Å²) in [7, 11) is 0. The number of aryl methyl sites for hydroxylation is 2. The first-order valence-electron chi connectivity index (χ1n) is 7.42. The first kappa shape index (κ1) is 12.9. The highest BCUT2D eigenvalue weighted by atomic mass is 35.5. The number of rotatable bonds is 1. The average Bonchev–Trinajstić information content (AvgIpc) is 2.92. The molecule has 0 radical (unpaired) electrons. The van der Waals surface area contributed by atoms with Gasteiger partial charge in [-0.1, -0.05) is 35.9 Å². The van der Waals surface area contributed by atoms with Crippen LogP contribution in [0.2, 0.25) is 5.02 Å². The van der Waals surface area contributed by atoms with E-state index in [1.165, 1.54) is 23.1 Å². The van der Waals surface area contributed by atoms with Crippen molar-refractivity contribution < 1.29 is 4.79 Å². The van der Waals surface area contributed by atoms with Crippen molar-refractivity contribution in [3.05, 3.63) is 63.7 Å². The van der Waals surface area contributed by atoms with E-state index in [4.69, 9.17) is 11.6 Å². The normalized spacial score (nSPS) is 19.9. The van der Waals surface area contributed by atoms with Gasteiger partial charge in [0.25, 0.3) is 0 Å². The summed E-state index contributed by atoms with van der Waals surface area (Å²) >= 11 is 6.36. The van der Waals surface area contributed by atoms with Crippen molar-refractivity contribution in [1.82, 2.24) is 0 Å². The van der Waals surface area contributed by atoms with Gasteiger partial charge < -0.3 is 5.32 Å². The minimum absolute atomic E-state index is 0.0633. The van der Waals surface area contributed by atoms with Gasteiger partial charge in [0.05, 0.1) is 0 Å². The Morgan fingerprint density at radius 2 is 1.81 bits per heavy atom. The fourth-order valence-corrected chi connectivity index (χ4v) is 3.84. The van der Waals surface area contributed by atoms with Crippen LogP contribution in [0.5, 0.6) is 0 Å². The molecule has 2 aromatic rings. The van der Waals surface area contributed by atoms with E-state index in [9.17, 15) is 4.79 Å². The van der Waals surface area contributed by atoms with Gasteiger partial charge in [0.15, 0.2) is 0 Å². The lowest BCUT2D eigenvalue weighted by Crippen LogP contribution is -2.24. The summed E-state index contributed by atoms with van der Waals surface area (Å²) < 4.78 is 0. The van der Waals surface area contributed by atoms with E-state index in [0.29, 0.717) is 6.42 Å². The molecule has 106 valence electrons. The highest BCUT2D eigenvalue weighted by molar-refractivity contribution is 6.31. The zero-order valence-electron chi connectivity index (χ0n) is 11.7. The molecular formula is C18H16ClNO. The molecule has 2 aromatic carbocycles. The number of hydrogen-bond donors (Lipinski definition) is 1. The number of fused-ring (bicyclic) bond motifs is 2. The van der Waals surface area contributed by atoms with Gasteiger partial charge in [-0.15, -0.1) is 0 Å². The van der Waals surface area contributed by atoms with Crippen molar-refractivity contribution in [2.24, 2.45) is 0 Å². The SMILES string of the molecule is O=C1C[C@@H](c2ccccc2Cl)c2cc3c(cc2N1)CCC3. The maximum atomic E-state index is 12.1. The third kappa shape index (κ3) is 2.14. The van der Waals surface area contributed by atoms with Crippen molar-refractivity contribution in [1.29, 1.82) is 0 Å². The Balaban J connectivity index is 1.88. The lowest BCUT2D eigenvalue weighted by atomic mass is 9.83. The summed E-state index contributed by atoms with van der Waals surface area (Å²) in [5.74, 6) is 0.138. The molecule has 0 bridgehead atoms. The number of anilines is 1. The molecule has 0 spiro atoms. The van der Waals surface area contributed by atoms with Gasteiger partial charge in [0, 0.05) is 23.0 Å². The van der Waals surface area contributed by atoms with Gasteiger partial charge in [-0.3, -0.25) is 4.79 Å². The molecule has 0 fully saturated rings. The largest absolute Gasteiger partial charge is 0.326 e. The Hall–Kier alpha value is -1.80. The summed E-state index contributed by atoms with van der Waals surface area (Å²) in [5.41, 5.74) is 6.05. The Kier molecular flexibility index (Phi) is 3.00. The molecule has 1 atom stereocenters. The number of amides is 1. The predicted molar refractivity (Wildman–Crippen MR) is 85.0 cm³/mol. The molecule has 1 amide bonds. The number of benzene rings is 2. The first-order valence-corrected chi connectivity index (χ1v) is 7.80. The number of carbonyl (C=O) groups is 1. The topological polar surface area (TPSA) is 29.1 Å². The summed E-state index contributed by atoms with van der Waals surface area (Å²) in [6, 6.07) is 12.3.